The summed E-state index contributed by atoms with van der Waals surface area (Å²) in [6.07, 6.45) is 0.747. The number of aryl methyl sites for hydroxylation is 2. The molecule has 0 heterocycles. The molecule has 0 aromatic heterocycles. The number of carbonyl (C=O) groups excluding carboxylic acids is 1. The molecule has 0 saturated heterocycles. The Morgan fingerprint density at radius 1 is 1.18 bits per heavy atom. The third-order valence-electron chi connectivity index (χ3n) is 3.51. The van der Waals surface area contributed by atoms with E-state index in [1.165, 1.54) is 21.6 Å². The number of rotatable bonds is 6. The highest BCUT2D eigenvalue weighted by Gasteiger charge is 2.18. The lowest BCUT2D eigenvalue weighted by Crippen LogP contribution is -2.44. The third-order valence-corrected chi connectivity index (χ3v) is 3.51. The SMILES string of the molecule is Cc1cc(C)cc(CC(C)NC(=O)N(C)CC(C)C(=O)O)c1. The number of carbonyl (C=O) groups is 2. The van der Waals surface area contributed by atoms with Crippen LogP contribution < -0.4 is 5.32 Å². The Hall–Kier alpha value is -2.04. The van der Waals surface area contributed by atoms with E-state index in [4.69, 9.17) is 5.11 Å². The van der Waals surface area contributed by atoms with Gasteiger partial charge in [0.1, 0.15) is 0 Å². The molecule has 0 fully saturated rings. The summed E-state index contributed by atoms with van der Waals surface area (Å²) < 4.78 is 0. The lowest BCUT2D eigenvalue weighted by molar-refractivity contribution is -0.141. The van der Waals surface area contributed by atoms with Crippen molar-refractivity contribution >= 4 is 12.0 Å². The number of nitrogens with zero attached hydrogens (tertiary/aromatic N) is 1. The van der Waals surface area contributed by atoms with Gasteiger partial charge < -0.3 is 15.3 Å². The van der Waals surface area contributed by atoms with E-state index in [-0.39, 0.29) is 18.6 Å². The monoisotopic (exact) mass is 306 g/mol. The second-order valence-electron chi connectivity index (χ2n) is 6.17. The molecule has 0 aliphatic carbocycles. The predicted octanol–water partition coefficient (Wildman–Crippen LogP) is 2.60. The topological polar surface area (TPSA) is 69.6 Å². The molecular weight excluding hydrogens is 280 g/mol. The zero-order chi connectivity index (χ0) is 16.9. The lowest BCUT2D eigenvalue weighted by atomic mass is 10.0. The molecular formula is C17H26N2O3. The van der Waals surface area contributed by atoms with E-state index in [1.54, 1.807) is 14.0 Å². The average molecular weight is 306 g/mol. The second kappa shape index (κ2) is 7.82. The van der Waals surface area contributed by atoms with Crippen molar-refractivity contribution in [1.29, 1.82) is 0 Å². The largest absolute Gasteiger partial charge is 0.481 e. The van der Waals surface area contributed by atoms with Gasteiger partial charge in [-0.1, -0.05) is 36.2 Å². The molecule has 0 spiro atoms. The van der Waals surface area contributed by atoms with Gasteiger partial charge in [0.15, 0.2) is 0 Å². The summed E-state index contributed by atoms with van der Waals surface area (Å²) in [5, 5.41) is 11.8. The highest BCUT2D eigenvalue weighted by molar-refractivity contribution is 5.76. The van der Waals surface area contributed by atoms with Gasteiger partial charge in [0.25, 0.3) is 0 Å². The number of urea groups is 1. The van der Waals surface area contributed by atoms with Gasteiger partial charge in [0.2, 0.25) is 0 Å². The van der Waals surface area contributed by atoms with Crippen LogP contribution in [0.1, 0.15) is 30.5 Å². The molecule has 122 valence electrons. The highest BCUT2D eigenvalue weighted by Crippen LogP contribution is 2.11. The first-order valence-corrected chi connectivity index (χ1v) is 7.50. The van der Waals surface area contributed by atoms with Crippen molar-refractivity contribution in [2.24, 2.45) is 5.92 Å². The van der Waals surface area contributed by atoms with Gasteiger partial charge in [-0.05, 0) is 32.8 Å². The molecule has 0 bridgehead atoms. The smallest absolute Gasteiger partial charge is 0.317 e. The van der Waals surface area contributed by atoms with Gasteiger partial charge in [-0.25, -0.2) is 4.79 Å². The van der Waals surface area contributed by atoms with Crippen LogP contribution in [0.3, 0.4) is 0 Å². The van der Waals surface area contributed by atoms with Crippen molar-refractivity contribution in [3.63, 3.8) is 0 Å². The molecule has 0 radical (unpaired) electrons. The molecule has 2 atom stereocenters. The van der Waals surface area contributed by atoms with Crippen LogP contribution in [0.4, 0.5) is 4.79 Å². The van der Waals surface area contributed by atoms with Crippen molar-refractivity contribution < 1.29 is 14.7 Å². The van der Waals surface area contributed by atoms with Crippen molar-refractivity contribution in [2.45, 2.75) is 40.2 Å². The summed E-state index contributed by atoms with van der Waals surface area (Å²) in [5.41, 5.74) is 3.61. The minimum Gasteiger partial charge on any atom is -0.481 e. The molecule has 1 aromatic carbocycles. The minimum atomic E-state index is -0.900. The van der Waals surface area contributed by atoms with Gasteiger partial charge in [0.05, 0.1) is 5.92 Å². The zero-order valence-corrected chi connectivity index (χ0v) is 14.0. The summed E-state index contributed by atoms with van der Waals surface area (Å²) in [6, 6.07) is 6.09. The Labute approximate surface area is 132 Å². The maximum absolute atomic E-state index is 12.1. The van der Waals surface area contributed by atoms with Gasteiger partial charge in [0, 0.05) is 19.6 Å². The number of carboxylic acid groups (broad SMARTS) is 1. The highest BCUT2D eigenvalue weighted by atomic mass is 16.4. The van der Waals surface area contributed by atoms with Crippen LogP contribution in [0.5, 0.6) is 0 Å². The van der Waals surface area contributed by atoms with E-state index in [1.807, 2.05) is 6.92 Å². The van der Waals surface area contributed by atoms with Gasteiger partial charge >= 0.3 is 12.0 Å². The number of hydrogen-bond donors (Lipinski definition) is 2. The molecule has 1 rings (SSSR count). The quantitative estimate of drug-likeness (QED) is 0.848. The lowest BCUT2D eigenvalue weighted by Gasteiger charge is -2.23. The first-order chi connectivity index (χ1) is 10.2. The minimum absolute atomic E-state index is 0.0173. The Morgan fingerprint density at radius 3 is 2.23 bits per heavy atom. The van der Waals surface area contributed by atoms with E-state index in [9.17, 15) is 9.59 Å². The summed E-state index contributed by atoms with van der Waals surface area (Å²) in [6.45, 7) is 7.84. The summed E-state index contributed by atoms with van der Waals surface area (Å²) in [4.78, 5) is 24.3. The number of nitrogens with one attached hydrogen (secondary N) is 1. The van der Waals surface area contributed by atoms with Crippen LogP contribution in [-0.4, -0.2) is 41.6 Å². The number of hydrogen-bond acceptors (Lipinski definition) is 2. The van der Waals surface area contributed by atoms with Crippen molar-refractivity contribution in [3.8, 4) is 0 Å². The van der Waals surface area contributed by atoms with E-state index in [0.29, 0.717) is 0 Å². The predicted molar refractivity (Wildman–Crippen MR) is 87.0 cm³/mol. The molecule has 1 aromatic rings. The second-order valence-corrected chi connectivity index (χ2v) is 6.17. The zero-order valence-electron chi connectivity index (χ0n) is 14.0. The molecule has 0 aliphatic rings. The summed E-state index contributed by atoms with van der Waals surface area (Å²) in [7, 11) is 1.61. The fraction of sp³-hybridized carbons (Fsp3) is 0.529. The Morgan fingerprint density at radius 2 is 1.73 bits per heavy atom. The molecule has 22 heavy (non-hydrogen) atoms. The Kier molecular flexibility index (Phi) is 6.40. The normalized spacial score (nSPS) is 13.3. The fourth-order valence-corrected chi connectivity index (χ4v) is 2.48. The van der Waals surface area contributed by atoms with E-state index in [0.717, 1.165) is 6.42 Å². The molecule has 2 N–H and O–H groups in total. The molecule has 2 unspecified atom stereocenters. The van der Waals surface area contributed by atoms with Crippen LogP contribution in [0.25, 0.3) is 0 Å². The van der Waals surface area contributed by atoms with Crippen molar-refractivity contribution in [1.82, 2.24) is 10.2 Å². The van der Waals surface area contributed by atoms with Crippen LogP contribution >= 0.6 is 0 Å². The third kappa shape index (κ3) is 5.76. The molecule has 0 saturated carbocycles. The van der Waals surface area contributed by atoms with Crippen LogP contribution in [0.2, 0.25) is 0 Å². The molecule has 5 heteroatoms. The summed E-state index contributed by atoms with van der Waals surface area (Å²) >= 11 is 0. The Balaban J connectivity index is 2.55. The first-order valence-electron chi connectivity index (χ1n) is 7.50. The Bertz CT molecular complexity index is 522. The van der Waals surface area contributed by atoms with E-state index < -0.39 is 11.9 Å². The van der Waals surface area contributed by atoms with Crippen molar-refractivity contribution in [3.05, 3.63) is 34.9 Å². The number of amides is 2. The number of benzene rings is 1. The van der Waals surface area contributed by atoms with Gasteiger partial charge in [-0.3, -0.25) is 4.79 Å². The molecule has 2 amide bonds. The molecule has 5 nitrogen and oxygen atoms in total. The van der Waals surface area contributed by atoms with Crippen LogP contribution in [0.15, 0.2) is 18.2 Å². The fourth-order valence-electron chi connectivity index (χ4n) is 2.48. The first kappa shape index (κ1) is 18.0. The van der Waals surface area contributed by atoms with E-state index >= 15 is 0 Å². The van der Waals surface area contributed by atoms with Gasteiger partial charge in [-0.15, -0.1) is 0 Å². The standard InChI is InChI=1S/C17H26N2O3/c1-11-6-12(2)8-15(7-11)9-14(4)18-17(22)19(5)10-13(3)16(20)21/h6-8,13-14H,9-10H2,1-5H3,(H,18,22)(H,20,21). The average Bonchev–Trinajstić information content (AvgIpc) is 2.36. The number of carboxylic acids is 1. The van der Waals surface area contributed by atoms with Crippen LogP contribution in [0, 0.1) is 19.8 Å². The summed E-state index contributed by atoms with van der Waals surface area (Å²) in [5.74, 6) is -1.48. The van der Waals surface area contributed by atoms with Gasteiger partial charge in [-0.2, -0.15) is 0 Å². The van der Waals surface area contributed by atoms with E-state index in [2.05, 4.69) is 37.4 Å². The molecule has 0 aliphatic heterocycles. The number of aliphatic carboxylic acids is 1. The van der Waals surface area contributed by atoms with Crippen molar-refractivity contribution in [2.75, 3.05) is 13.6 Å². The maximum atomic E-state index is 12.1. The van der Waals surface area contributed by atoms with Crippen LogP contribution in [-0.2, 0) is 11.2 Å². The maximum Gasteiger partial charge on any atom is 0.317 e.